The zero-order valence-corrected chi connectivity index (χ0v) is 16.4. The van der Waals surface area contributed by atoms with Gasteiger partial charge in [-0.05, 0) is 29.8 Å². The Morgan fingerprint density at radius 2 is 1.87 bits per heavy atom. The Labute approximate surface area is 173 Å². The summed E-state index contributed by atoms with van der Waals surface area (Å²) in [5.74, 6) is 0.119. The molecule has 0 bridgehead atoms. The van der Waals surface area contributed by atoms with E-state index in [1.54, 1.807) is 36.1 Å². The van der Waals surface area contributed by atoms with Gasteiger partial charge in [-0.3, -0.25) is 9.59 Å². The first-order valence-electron chi connectivity index (χ1n) is 9.48. The molecule has 4 aromatic rings. The smallest absolute Gasteiger partial charge is 0.268 e. The van der Waals surface area contributed by atoms with Crippen molar-refractivity contribution in [2.75, 3.05) is 11.9 Å². The Hall–Kier alpha value is -4.00. The number of amides is 2. The van der Waals surface area contributed by atoms with Gasteiger partial charge in [-0.25, -0.2) is 0 Å². The quantitative estimate of drug-likeness (QED) is 0.493. The predicted octanol–water partition coefficient (Wildman–Crippen LogP) is 3.72. The Morgan fingerprint density at radius 1 is 1.03 bits per heavy atom. The van der Waals surface area contributed by atoms with Crippen LogP contribution in [-0.4, -0.2) is 22.9 Å². The molecule has 7 nitrogen and oxygen atoms in total. The van der Waals surface area contributed by atoms with E-state index in [9.17, 15) is 9.59 Å². The normalized spacial score (nSPS) is 10.7. The molecule has 152 valence electrons. The number of anilines is 1. The third kappa shape index (κ3) is 4.35. The van der Waals surface area contributed by atoms with Gasteiger partial charge >= 0.3 is 0 Å². The number of hydrogen-bond donors (Lipinski definition) is 2. The van der Waals surface area contributed by atoms with Crippen molar-refractivity contribution in [2.24, 2.45) is 7.05 Å². The maximum atomic E-state index is 12.4. The van der Waals surface area contributed by atoms with Crippen molar-refractivity contribution in [3.8, 4) is 5.75 Å². The number of fused-ring (bicyclic) bond motifs is 1. The number of carbonyl (C=O) groups is 2. The second kappa shape index (κ2) is 8.57. The molecule has 0 atom stereocenters. The lowest BCUT2D eigenvalue weighted by Crippen LogP contribution is -2.33. The first-order valence-corrected chi connectivity index (χ1v) is 9.48. The summed E-state index contributed by atoms with van der Waals surface area (Å²) in [6.45, 7) is 0.245. The lowest BCUT2D eigenvalue weighted by Gasteiger charge is -2.10. The van der Waals surface area contributed by atoms with Gasteiger partial charge in [-0.2, -0.15) is 0 Å². The zero-order chi connectivity index (χ0) is 20.9. The van der Waals surface area contributed by atoms with Crippen LogP contribution in [-0.2, 0) is 18.4 Å². The molecule has 2 heterocycles. The SMILES string of the molecule is Cn1c(C(=O)NCC(=O)Nc2cccc(COc3ccccc3)c2)cc2occc21. The van der Waals surface area contributed by atoms with Crippen molar-refractivity contribution in [1.82, 2.24) is 9.88 Å². The van der Waals surface area contributed by atoms with Crippen LogP contribution in [0, 0.1) is 0 Å². The maximum Gasteiger partial charge on any atom is 0.268 e. The molecule has 0 aliphatic heterocycles. The molecule has 0 unspecified atom stereocenters. The molecule has 0 radical (unpaired) electrons. The molecule has 0 aliphatic rings. The maximum absolute atomic E-state index is 12.4. The van der Waals surface area contributed by atoms with Gasteiger partial charge in [-0.1, -0.05) is 30.3 Å². The van der Waals surface area contributed by atoms with Crippen LogP contribution in [0.2, 0.25) is 0 Å². The van der Waals surface area contributed by atoms with Gasteiger partial charge in [0.2, 0.25) is 5.91 Å². The van der Waals surface area contributed by atoms with E-state index in [0.717, 1.165) is 16.8 Å². The van der Waals surface area contributed by atoms with Gasteiger partial charge in [0.15, 0.2) is 5.58 Å². The largest absolute Gasteiger partial charge is 0.489 e. The van der Waals surface area contributed by atoms with Crippen LogP contribution in [0.1, 0.15) is 16.1 Å². The third-order valence-corrected chi connectivity index (χ3v) is 4.67. The average molecular weight is 403 g/mol. The lowest BCUT2D eigenvalue weighted by molar-refractivity contribution is -0.115. The fraction of sp³-hybridized carbons (Fsp3) is 0.130. The lowest BCUT2D eigenvalue weighted by atomic mass is 10.2. The van der Waals surface area contributed by atoms with E-state index in [0.29, 0.717) is 23.6 Å². The standard InChI is InChI=1S/C23H21N3O4/c1-26-19-10-11-29-21(19)13-20(26)23(28)24-14-22(27)25-17-7-5-6-16(12-17)15-30-18-8-3-2-4-9-18/h2-13H,14-15H2,1H3,(H,24,28)(H,25,27). The van der Waals surface area contributed by atoms with E-state index in [2.05, 4.69) is 10.6 Å². The van der Waals surface area contributed by atoms with Gasteiger partial charge in [-0.15, -0.1) is 0 Å². The summed E-state index contributed by atoms with van der Waals surface area (Å²) in [6, 6.07) is 20.4. The highest BCUT2D eigenvalue weighted by atomic mass is 16.5. The number of carbonyl (C=O) groups excluding carboxylic acids is 2. The van der Waals surface area contributed by atoms with Crippen LogP contribution in [0.4, 0.5) is 5.69 Å². The molecule has 7 heteroatoms. The van der Waals surface area contributed by atoms with Crippen LogP contribution >= 0.6 is 0 Å². The monoisotopic (exact) mass is 403 g/mol. The summed E-state index contributed by atoms with van der Waals surface area (Å²) < 4.78 is 12.8. The Kier molecular flexibility index (Phi) is 5.52. The summed E-state index contributed by atoms with van der Waals surface area (Å²) >= 11 is 0. The van der Waals surface area contributed by atoms with Gasteiger partial charge < -0.3 is 24.4 Å². The molecule has 0 spiro atoms. The summed E-state index contributed by atoms with van der Waals surface area (Å²) in [5, 5.41) is 5.42. The zero-order valence-electron chi connectivity index (χ0n) is 16.4. The number of nitrogens with zero attached hydrogens (tertiary/aromatic N) is 1. The van der Waals surface area contributed by atoms with E-state index in [4.69, 9.17) is 9.15 Å². The van der Waals surface area contributed by atoms with Crippen molar-refractivity contribution in [2.45, 2.75) is 6.61 Å². The number of aromatic nitrogens is 1. The number of benzene rings is 2. The van der Waals surface area contributed by atoms with Crippen LogP contribution in [0.25, 0.3) is 11.1 Å². The summed E-state index contributed by atoms with van der Waals surface area (Å²) in [7, 11) is 1.77. The predicted molar refractivity (Wildman–Crippen MR) is 113 cm³/mol. The number of para-hydroxylation sites is 1. The number of rotatable bonds is 7. The van der Waals surface area contributed by atoms with Gasteiger partial charge in [0.05, 0.1) is 18.3 Å². The van der Waals surface area contributed by atoms with Gasteiger partial charge in [0.1, 0.15) is 18.1 Å². The van der Waals surface area contributed by atoms with Crippen molar-refractivity contribution in [3.63, 3.8) is 0 Å². The molecule has 2 N–H and O–H groups in total. The van der Waals surface area contributed by atoms with E-state index in [1.165, 1.54) is 0 Å². The number of furan rings is 1. The Bertz CT molecular complexity index is 1180. The second-order valence-corrected chi connectivity index (χ2v) is 6.79. The highest BCUT2D eigenvalue weighted by Crippen LogP contribution is 2.19. The molecule has 0 saturated heterocycles. The molecule has 2 amide bonds. The van der Waals surface area contributed by atoms with E-state index < -0.39 is 0 Å². The molecule has 30 heavy (non-hydrogen) atoms. The first kappa shape index (κ1) is 19.3. The first-order chi connectivity index (χ1) is 14.6. The highest BCUT2D eigenvalue weighted by molar-refractivity contribution is 6.00. The number of ether oxygens (including phenoxy) is 1. The van der Waals surface area contributed by atoms with Crippen molar-refractivity contribution in [3.05, 3.63) is 84.3 Å². The van der Waals surface area contributed by atoms with Crippen LogP contribution < -0.4 is 15.4 Å². The third-order valence-electron chi connectivity index (χ3n) is 4.67. The van der Waals surface area contributed by atoms with E-state index >= 15 is 0 Å². The number of nitrogens with one attached hydrogen (secondary N) is 2. The molecule has 0 aliphatic carbocycles. The fourth-order valence-corrected chi connectivity index (χ4v) is 3.15. The Balaban J connectivity index is 1.31. The topological polar surface area (TPSA) is 85.5 Å². The van der Waals surface area contributed by atoms with Gasteiger partial charge in [0, 0.05) is 24.9 Å². The minimum absolute atomic E-state index is 0.143. The average Bonchev–Trinajstić information content (AvgIpc) is 3.35. The van der Waals surface area contributed by atoms with Crippen molar-refractivity contribution < 1.29 is 18.7 Å². The summed E-state index contributed by atoms with van der Waals surface area (Å²) in [5.41, 5.74) is 3.44. The molecular formula is C23H21N3O4. The van der Waals surface area contributed by atoms with Crippen LogP contribution in [0.3, 0.4) is 0 Å². The van der Waals surface area contributed by atoms with Crippen molar-refractivity contribution >= 4 is 28.6 Å². The minimum atomic E-state index is -0.343. The molecular weight excluding hydrogens is 382 g/mol. The number of hydrogen-bond acceptors (Lipinski definition) is 4. The molecule has 4 rings (SSSR count). The van der Waals surface area contributed by atoms with Crippen LogP contribution in [0.15, 0.2) is 77.4 Å². The highest BCUT2D eigenvalue weighted by Gasteiger charge is 2.15. The molecule has 0 saturated carbocycles. The molecule has 2 aromatic heterocycles. The number of aryl methyl sites for hydroxylation is 1. The molecule has 0 fully saturated rings. The summed E-state index contributed by atoms with van der Waals surface area (Å²) in [4.78, 5) is 24.7. The Morgan fingerprint density at radius 3 is 2.67 bits per heavy atom. The van der Waals surface area contributed by atoms with E-state index in [1.807, 2.05) is 48.5 Å². The van der Waals surface area contributed by atoms with E-state index in [-0.39, 0.29) is 18.4 Å². The van der Waals surface area contributed by atoms with Gasteiger partial charge in [0.25, 0.3) is 5.91 Å². The van der Waals surface area contributed by atoms with Crippen LogP contribution in [0.5, 0.6) is 5.75 Å². The fourth-order valence-electron chi connectivity index (χ4n) is 3.15. The molecule has 2 aromatic carbocycles. The minimum Gasteiger partial charge on any atom is -0.489 e. The summed E-state index contributed by atoms with van der Waals surface area (Å²) in [6.07, 6.45) is 1.57. The van der Waals surface area contributed by atoms with Crippen molar-refractivity contribution in [1.29, 1.82) is 0 Å². The second-order valence-electron chi connectivity index (χ2n) is 6.79.